The fraction of sp³-hybridized carbons (Fsp3) is 0.273. The minimum atomic E-state index is -4.43. The number of carbonyl (C=O) groups excluding carboxylic acids is 1. The lowest BCUT2D eigenvalue weighted by molar-refractivity contribution is -0.137. The van der Waals surface area contributed by atoms with Crippen LogP contribution in [0.25, 0.3) is 10.9 Å². The summed E-state index contributed by atoms with van der Waals surface area (Å²) in [6.07, 6.45) is -4.16. The van der Waals surface area contributed by atoms with Gasteiger partial charge in [0.1, 0.15) is 7.11 Å². The molecule has 0 saturated heterocycles. The van der Waals surface area contributed by atoms with E-state index in [1.54, 1.807) is 19.1 Å². The Balaban J connectivity index is 1.88. The molecule has 1 aliphatic rings. The zero-order valence-corrected chi connectivity index (χ0v) is 16.8. The summed E-state index contributed by atoms with van der Waals surface area (Å²) in [7, 11) is 1.43. The van der Waals surface area contributed by atoms with E-state index < -0.39 is 29.0 Å². The molecular formula is C22H17ClF3NO3. The molecule has 4 nitrogen and oxygen atoms in total. The zero-order chi connectivity index (χ0) is 21.8. The molecular weight excluding hydrogens is 419 g/mol. The zero-order valence-electron chi connectivity index (χ0n) is 16.1. The summed E-state index contributed by atoms with van der Waals surface area (Å²) in [6.45, 7) is 1.69. The first-order valence-corrected chi connectivity index (χ1v) is 9.64. The monoisotopic (exact) mass is 435 g/mol. The number of aromatic nitrogens is 1. The van der Waals surface area contributed by atoms with E-state index in [4.69, 9.17) is 16.4 Å². The second-order valence-corrected chi connectivity index (χ2v) is 7.81. The summed E-state index contributed by atoms with van der Waals surface area (Å²) < 4.78 is 40.1. The number of rotatable bonds is 2. The van der Waals surface area contributed by atoms with Crippen LogP contribution in [0.2, 0.25) is 5.02 Å². The number of pyridine rings is 1. The lowest BCUT2D eigenvalue weighted by Gasteiger charge is -2.31. The van der Waals surface area contributed by atoms with Gasteiger partial charge in [0.2, 0.25) is 5.43 Å². The summed E-state index contributed by atoms with van der Waals surface area (Å²) in [6, 6.07) is 9.54. The number of halogens is 4. The standard InChI is InChI=1S/C22H17ClF3NO3/c1-11-15(12-3-5-13(6-4-12)22(24,25)26)10-18-19(20(11)28)21(29)16-9-14(23)7-8-17(16)27(18)30-2/h3-9,11,15H,10H2,1-2H3. The van der Waals surface area contributed by atoms with Gasteiger partial charge in [-0.3, -0.25) is 9.59 Å². The molecule has 1 heterocycles. The van der Waals surface area contributed by atoms with E-state index in [-0.39, 0.29) is 23.2 Å². The second kappa shape index (κ2) is 7.16. The number of fused-ring (bicyclic) bond motifs is 2. The number of nitrogens with zero attached hydrogens (tertiary/aromatic N) is 1. The van der Waals surface area contributed by atoms with Crippen LogP contribution >= 0.6 is 11.6 Å². The summed E-state index contributed by atoms with van der Waals surface area (Å²) in [5, 5.41) is 0.637. The molecule has 8 heteroatoms. The van der Waals surface area contributed by atoms with Crippen LogP contribution in [0.3, 0.4) is 0 Å². The van der Waals surface area contributed by atoms with E-state index in [1.807, 2.05) is 0 Å². The van der Waals surface area contributed by atoms with Crippen LogP contribution in [-0.4, -0.2) is 17.6 Å². The van der Waals surface area contributed by atoms with Crippen molar-refractivity contribution in [2.75, 3.05) is 7.11 Å². The van der Waals surface area contributed by atoms with Gasteiger partial charge >= 0.3 is 6.18 Å². The van der Waals surface area contributed by atoms with Crippen molar-refractivity contribution < 1.29 is 22.8 Å². The number of Topliss-reactive ketones (excluding diaryl/α,β-unsaturated/α-hetero) is 1. The molecule has 0 radical (unpaired) electrons. The fourth-order valence-corrected chi connectivity index (χ4v) is 4.32. The van der Waals surface area contributed by atoms with Gasteiger partial charge in [-0.15, -0.1) is 0 Å². The van der Waals surface area contributed by atoms with Crippen LogP contribution in [0, 0.1) is 5.92 Å². The number of hydrogen-bond donors (Lipinski definition) is 0. The molecule has 2 atom stereocenters. The smallest absolute Gasteiger partial charge is 0.416 e. The first-order valence-electron chi connectivity index (χ1n) is 9.26. The molecule has 0 fully saturated rings. The molecule has 30 heavy (non-hydrogen) atoms. The van der Waals surface area contributed by atoms with Crippen molar-refractivity contribution in [3.8, 4) is 0 Å². The average Bonchev–Trinajstić information content (AvgIpc) is 2.70. The van der Waals surface area contributed by atoms with Crippen LogP contribution < -0.4 is 10.3 Å². The van der Waals surface area contributed by atoms with Gasteiger partial charge in [-0.1, -0.05) is 30.7 Å². The quantitative estimate of drug-likeness (QED) is 0.575. The van der Waals surface area contributed by atoms with E-state index in [9.17, 15) is 22.8 Å². The summed E-state index contributed by atoms with van der Waals surface area (Å²) >= 11 is 6.03. The Bertz CT molecular complexity index is 1220. The molecule has 4 rings (SSSR count). The second-order valence-electron chi connectivity index (χ2n) is 7.37. The maximum absolute atomic E-state index is 13.2. The lowest BCUT2D eigenvalue weighted by Crippen LogP contribution is -2.37. The van der Waals surface area contributed by atoms with Crippen LogP contribution in [0.4, 0.5) is 13.2 Å². The third kappa shape index (κ3) is 3.17. The molecule has 0 bridgehead atoms. The van der Waals surface area contributed by atoms with Gasteiger partial charge in [0.05, 0.1) is 27.7 Å². The maximum atomic E-state index is 13.2. The number of hydrogen-bond acceptors (Lipinski definition) is 3. The minimum absolute atomic E-state index is 0.0438. The van der Waals surface area contributed by atoms with Gasteiger partial charge in [0.15, 0.2) is 5.78 Å². The summed E-state index contributed by atoms with van der Waals surface area (Å²) in [4.78, 5) is 31.7. The number of carbonyl (C=O) groups is 1. The maximum Gasteiger partial charge on any atom is 0.416 e. The average molecular weight is 436 g/mol. The van der Waals surface area contributed by atoms with Gasteiger partial charge in [-0.25, -0.2) is 0 Å². The van der Waals surface area contributed by atoms with Gasteiger partial charge in [0.25, 0.3) is 0 Å². The number of ketones is 1. The molecule has 0 amide bonds. The van der Waals surface area contributed by atoms with E-state index in [0.29, 0.717) is 21.8 Å². The van der Waals surface area contributed by atoms with Crippen molar-refractivity contribution in [3.05, 3.63) is 80.1 Å². The highest BCUT2D eigenvalue weighted by molar-refractivity contribution is 6.31. The van der Waals surface area contributed by atoms with Crippen molar-refractivity contribution >= 4 is 28.3 Å². The number of benzene rings is 2. The summed E-state index contributed by atoms with van der Waals surface area (Å²) in [5.41, 5.74) is 0.351. The fourth-order valence-electron chi connectivity index (χ4n) is 4.15. The molecule has 1 aliphatic carbocycles. The van der Waals surface area contributed by atoms with Crippen molar-refractivity contribution in [2.45, 2.75) is 25.4 Å². The van der Waals surface area contributed by atoms with Gasteiger partial charge < -0.3 is 4.84 Å². The van der Waals surface area contributed by atoms with Crippen LogP contribution in [0.5, 0.6) is 0 Å². The Morgan fingerprint density at radius 2 is 1.77 bits per heavy atom. The van der Waals surface area contributed by atoms with Gasteiger partial charge in [-0.2, -0.15) is 17.9 Å². The first kappa shape index (κ1) is 20.5. The molecule has 0 N–H and O–H groups in total. The Morgan fingerprint density at radius 3 is 2.37 bits per heavy atom. The molecule has 156 valence electrons. The van der Waals surface area contributed by atoms with Crippen molar-refractivity contribution in [1.82, 2.24) is 4.73 Å². The molecule has 0 spiro atoms. The van der Waals surface area contributed by atoms with Crippen molar-refractivity contribution in [1.29, 1.82) is 0 Å². The largest absolute Gasteiger partial charge is 0.417 e. The third-order valence-corrected chi connectivity index (χ3v) is 5.94. The molecule has 0 saturated carbocycles. The Labute approximate surface area is 174 Å². The van der Waals surface area contributed by atoms with Crippen LogP contribution in [-0.2, 0) is 12.6 Å². The van der Waals surface area contributed by atoms with Crippen LogP contribution in [0.15, 0.2) is 47.3 Å². The van der Waals surface area contributed by atoms with Crippen LogP contribution in [0.1, 0.15) is 40.0 Å². The first-order chi connectivity index (χ1) is 14.1. The minimum Gasteiger partial charge on any atom is -0.417 e. The highest BCUT2D eigenvalue weighted by atomic mass is 35.5. The van der Waals surface area contributed by atoms with E-state index >= 15 is 0 Å². The summed E-state index contributed by atoms with van der Waals surface area (Å²) in [5.74, 6) is -1.33. The van der Waals surface area contributed by atoms with Crippen molar-refractivity contribution in [2.24, 2.45) is 5.92 Å². The molecule has 2 unspecified atom stereocenters. The van der Waals surface area contributed by atoms with E-state index in [2.05, 4.69) is 0 Å². The highest BCUT2D eigenvalue weighted by Crippen LogP contribution is 2.38. The predicted molar refractivity (Wildman–Crippen MR) is 107 cm³/mol. The van der Waals surface area contributed by atoms with E-state index in [1.165, 1.54) is 30.0 Å². The number of alkyl halides is 3. The Morgan fingerprint density at radius 1 is 1.10 bits per heavy atom. The molecule has 3 aromatic rings. The van der Waals surface area contributed by atoms with Gasteiger partial charge in [-0.05, 0) is 48.2 Å². The Hall–Kier alpha value is -2.80. The third-order valence-electron chi connectivity index (χ3n) is 5.71. The Kier molecular flexibility index (Phi) is 4.89. The molecule has 1 aromatic heterocycles. The topological polar surface area (TPSA) is 48.3 Å². The predicted octanol–water partition coefficient (Wildman–Crippen LogP) is 4.89. The normalized spacial score (nSPS) is 19.1. The highest BCUT2D eigenvalue weighted by Gasteiger charge is 2.38. The van der Waals surface area contributed by atoms with Crippen molar-refractivity contribution in [3.63, 3.8) is 0 Å². The molecule has 0 aliphatic heterocycles. The van der Waals surface area contributed by atoms with E-state index in [0.717, 1.165) is 12.1 Å². The van der Waals surface area contributed by atoms with Gasteiger partial charge in [0, 0.05) is 10.9 Å². The lowest BCUT2D eigenvalue weighted by atomic mass is 9.74. The SMILES string of the molecule is COn1c2c(c(=O)c3cc(Cl)ccc31)C(=O)C(C)C(c1ccc(C(F)(F)F)cc1)C2. The molecule has 2 aromatic carbocycles.